The second kappa shape index (κ2) is 3.70. The predicted octanol–water partition coefficient (Wildman–Crippen LogP) is 1.13. The maximum Gasteiger partial charge on any atom is 0.222 e. The van der Waals surface area contributed by atoms with E-state index in [0.29, 0.717) is 12.5 Å². The second-order valence-corrected chi connectivity index (χ2v) is 3.52. The molecule has 1 aliphatic heterocycles. The molecule has 3 nitrogen and oxygen atoms in total. The Labute approximate surface area is 83.1 Å². The van der Waals surface area contributed by atoms with Gasteiger partial charge >= 0.3 is 0 Å². The van der Waals surface area contributed by atoms with E-state index in [4.69, 9.17) is 4.74 Å². The molecular weight excluding hydrogens is 178 g/mol. The highest BCUT2D eigenvalue weighted by atomic mass is 16.5. The lowest BCUT2D eigenvalue weighted by molar-refractivity contribution is -0.128. The van der Waals surface area contributed by atoms with Gasteiger partial charge in [0.05, 0.1) is 7.11 Å². The largest absolute Gasteiger partial charge is 0.497 e. The Hall–Kier alpha value is -1.51. The van der Waals surface area contributed by atoms with E-state index in [-0.39, 0.29) is 5.91 Å². The van der Waals surface area contributed by atoms with Crippen LogP contribution >= 0.6 is 0 Å². The summed E-state index contributed by atoms with van der Waals surface area (Å²) in [5.41, 5.74) is 1.23. The van der Waals surface area contributed by atoms with Gasteiger partial charge in [-0.1, -0.05) is 12.1 Å². The van der Waals surface area contributed by atoms with Crippen molar-refractivity contribution < 1.29 is 9.53 Å². The molecule has 14 heavy (non-hydrogen) atoms. The van der Waals surface area contributed by atoms with Crippen LogP contribution in [-0.2, 0) is 11.2 Å². The number of nitrogens with one attached hydrogen (secondary N) is 1. The minimum Gasteiger partial charge on any atom is -0.497 e. The third-order valence-electron chi connectivity index (χ3n) is 2.44. The van der Waals surface area contributed by atoms with E-state index in [1.54, 1.807) is 7.11 Å². The lowest BCUT2D eigenvalue weighted by atomic mass is 9.98. The van der Waals surface area contributed by atoms with Crippen LogP contribution in [0.25, 0.3) is 0 Å². The molecule has 1 aliphatic rings. The lowest BCUT2D eigenvalue weighted by Gasteiger charge is -2.26. The first-order valence-electron chi connectivity index (χ1n) is 4.70. The summed E-state index contributed by atoms with van der Waals surface area (Å²) in [6.45, 7) is 0. The van der Waals surface area contributed by atoms with Crippen molar-refractivity contribution in [3.63, 3.8) is 0 Å². The number of hydrogen-bond acceptors (Lipinski definition) is 2. The van der Waals surface area contributed by atoms with E-state index in [9.17, 15) is 4.79 Å². The summed E-state index contributed by atoms with van der Waals surface area (Å²) < 4.78 is 5.06. The Balaban J connectivity index is 1.93. The molecule has 2 rings (SSSR count). The van der Waals surface area contributed by atoms with Gasteiger partial charge in [0, 0.05) is 12.5 Å². The van der Waals surface area contributed by atoms with Crippen molar-refractivity contribution in [1.82, 2.24) is 5.32 Å². The molecule has 74 valence electrons. The first kappa shape index (κ1) is 9.06. The average molecular weight is 191 g/mol. The zero-order valence-electron chi connectivity index (χ0n) is 8.12. The van der Waals surface area contributed by atoms with Gasteiger partial charge in [0.1, 0.15) is 5.75 Å². The Bertz CT molecular complexity index is 324. The quantitative estimate of drug-likeness (QED) is 0.727. The van der Waals surface area contributed by atoms with Crippen LogP contribution < -0.4 is 10.1 Å². The zero-order chi connectivity index (χ0) is 9.97. The number of amides is 1. The molecule has 0 spiro atoms. The molecule has 0 radical (unpaired) electrons. The summed E-state index contributed by atoms with van der Waals surface area (Å²) in [5, 5.41) is 2.85. The van der Waals surface area contributed by atoms with E-state index in [1.807, 2.05) is 24.3 Å². The number of carbonyl (C=O) groups excluding carboxylic acids is 1. The SMILES string of the molecule is COc1ccc(C[C@@H]2CC(=O)N2)cc1. The van der Waals surface area contributed by atoms with Crippen LogP contribution in [0.2, 0.25) is 0 Å². The molecular formula is C11H13NO2. The maximum atomic E-state index is 10.7. The van der Waals surface area contributed by atoms with Gasteiger partial charge in [0.15, 0.2) is 0 Å². The van der Waals surface area contributed by atoms with Crippen molar-refractivity contribution in [3.8, 4) is 5.75 Å². The highest BCUT2D eigenvalue weighted by Crippen LogP contribution is 2.15. The van der Waals surface area contributed by atoms with Gasteiger partial charge in [-0.15, -0.1) is 0 Å². The van der Waals surface area contributed by atoms with Crippen molar-refractivity contribution in [2.24, 2.45) is 0 Å². The van der Waals surface area contributed by atoms with Crippen LogP contribution in [0.4, 0.5) is 0 Å². The summed E-state index contributed by atoms with van der Waals surface area (Å²) in [6.07, 6.45) is 1.57. The summed E-state index contributed by atoms with van der Waals surface area (Å²) in [5.74, 6) is 1.02. The van der Waals surface area contributed by atoms with E-state index < -0.39 is 0 Å². The smallest absolute Gasteiger partial charge is 0.222 e. The molecule has 1 N–H and O–H groups in total. The topological polar surface area (TPSA) is 38.3 Å². The maximum absolute atomic E-state index is 10.7. The molecule has 1 atom stereocenters. The molecule has 0 aliphatic carbocycles. The fourth-order valence-electron chi connectivity index (χ4n) is 1.60. The number of β-lactam (4-membered cyclic amide) rings is 1. The minimum absolute atomic E-state index is 0.156. The van der Waals surface area contributed by atoms with Crippen LogP contribution in [0.5, 0.6) is 5.75 Å². The highest BCUT2D eigenvalue weighted by molar-refractivity contribution is 5.82. The van der Waals surface area contributed by atoms with Crippen LogP contribution in [0.3, 0.4) is 0 Å². The first-order chi connectivity index (χ1) is 6.78. The van der Waals surface area contributed by atoms with E-state index in [0.717, 1.165) is 12.2 Å². The van der Waals surface area contributed by atoms with Gasteiger partial charge in [-0.05, 0) is 24.1 Å². The Morgan fingerprint density at radius 1 is 1.43 bits per heavy atom. The predicted molar refractivity (Wildman–Crippen MR) is 53.2 cm³/mol. The Kier molecular flexibility index (Phi) is 2.39. The number of methoxy groups -OCH3 is 1. The highest BCUT2D eigenvalue weighted by Gasteiger charge is 2.24. The number of rotatable bonds is 3. The van der Waals surface area contributed by atoms with Gasteiger partial charge in [-0.3, -0.25) is 4.79 Å². The molecule has 1 amide bonds. The first-order valence-corrected chi connectivity index (χ1v) is 4.70. The fourth-order valence-corrected chi connectivity index (χ4v) is 1.60. The van der Waals surface area contributed by atoms with Crippen molar-refractivity contribution in [3.05, 3.63) is 29.8 Å². The Morgan fingerprint density at radius 2 is 2.07 bits per heavy atom. The molecule has 0 bridgehead atoms. The van der Waals surface area contributed by atoms with Crippen molar-refractivity contribution >= 4 is 5.91 Å². The number of carbonyl (C=O) groups is 1. The molecule has 1 fully saturated rings. The van der Waals surface area contributed by atoms with Gasteiger partial charge in [0.2, 0.25) is 5.91 Å². The summed E-state index contributed by atoms with van der Waals surface area (Å²) in [4.78, 5) is 10.7. The molecule has 1 aromatic carbocycles. The van der Waals surface area contributed by atoms with Crippen molar-refractivity contribution in [1.29, 1.82) is 0 Å². The third kappa shape index (κ3) is 1.87. The van der Waals surface area contributed by atoms with Gasteiger partial charge < -0.3 is 10.1 Å². The third-order valence-corrected chi connectivity index (χ3v) is 2.44. The zero-order valence-corrected chi connectivity index (χ0v) is 8.12. The summed E-state index contributed by atoms with van der Waals surface area (Å²) >= 11 is 0. The standard InChI is InChI=1S/C11H13NO2/c1-14-10-4-2-8(3-5-10)6-9-7-11(13)12-9/h2-5,9H,6-7H2,1H3,(H,12,13)/t9-/m1/s1. The average Bonchev–Trinajstić information content (AvgIpc) is 2.17. The number of benzene rings is 1. The van der Waals surface area contributed by atoms with Crippen molar-refractivity contribution in [2.75, 3.05) is 7.11 Å². The van der Waals surface area contributed by atoms with Crippen molar-refractivity contribution in [2.45, 2.75) is 18.9 Å². The molecule has 0 unspecified atom stereocenters. The fraction of sp³-hybridized carbons (Fsp3) is 0.364. The number of ether oxygens (including phenoxy) is 1. The van der Waals surface area contributed by atoms with E-state index in [1.165, 1.54) is 5.56 Å². The normalized spacial score (nSPS) is 19.8. The van der Waals surface area contributed by atoms with E-state index in [2.05, 4.69) is 5.32 Å². The molecule has 0 aromatic heterocycles. The van der Waals surface area contributed by atoms with Gasteiger partial charge in [0.25, 0.3) is 0 Å². The van der Waals surface area contributed by atoms with Gasteiger partial charge in [-0.2, -0.15) is 0 Å². The van der Waals surface area contributed by atoms with Crippen LogP contribution in [-0.4, -0.2) is 19.1 Å². The molecule has 3 heteroatoms. The molecule has 1 saturated heterocycles. The monoisotopic (exact) mass is 191 g/mol. The number of hydrogen-bond donors (Lipinski definition) is 1. The van der Waals surface area contributed by atoms with Crippen LogP contribution in [0.1, 0.15) is 12.0 Å². The second-order valence-electron chi connectivity index (χ2n) is 3.52. The van der Waals surface area contributed by atoms with E-state index >= 15 is 0 Å². The van der Waals surface area contributed by atoms with Crippen LogP contribution in [0, 0.1) is 0 Å². The molecule has 1 heterocycles. The van der Waals surface area contributed by atoms with Gasteiger partial charge in [-0.25, -0.2) is 0 Å². The van der Waals surface area contributed by atoms with Crippen LogP contribution in [0.15, 0.2) is 24.3 Å². The summed E-state index contributed by atoms with van der Waals surface area (Å²) in [6, 6.07) is 8.27. The molecule has 1 aromatic rings. The molecule has 0 saturated carbocycles. The minimum atomic E-state index is 0.156. The Morgan fingerprint density at radius 3 is 2.57 bits per heavy atom. The summed E-state index contributed by atoms with van der Waals surface area (Å²) in [7, 11) is 1.65. The lowest BCUT2D eigenvalue weighted by Crippen LogP contribution is -2.49.